The van der Waals surface area contributed by atoms with Gasteiger partial charge in [-0.3, -0.25) is 5.14 Å². The topological polar surface area (TPSA) is 48.0 Å². The molecule has 0 bridgehead atoms. The molecule has 0 aliphatic heterocycles. The van der Waals surface area contributed by atoms with Gasteiger partial charge < -0.3 is 4.57 Å². The van der Waals surface area contributed by atoms with Crippen LogP contribution in [0.1, 0.15) is 58.1 Å². The van der Waals surface area contributed by atoms with Crippen LogP contribution in [0.2, 0.25) is 0 Å². The molecule has 0 radical (unpaired) electrons. The highest BCUT2D eigenvalue weighted by Crippen LogP contribution is 2.43. The van der Waals surface area contributed by atoms with E-state index < -0.39 is 62.6 Å². The zero-order chi connectivity index (χ0) is 28.1. The Kier molecular flexibility index (Phi) is 7.92. The van der Waals surface area contributed by atoms with E-state index in [-0.39, 0.29) is 34.8 Å². The molecule has 1 heterocycles. The molecule has 3 nitrogen and oxygen atoms in total. The highest BCUT2D eigenvalue weighted by molar-refractivity contribution is 7.84. The lowest BCUT2D eigenvalue weighted by molar-refractivity contribution is -0.137. The van der Waals surface area contributed by atoms with Crippen molar-refractivity contribution in [2.45, 2.75) is 70.9 Å². The third-order valence-electron chi connectivity index (χ3n) is 6.18. The third-order valence-corrected chi connectivity index (χ3v) is 7.44. The summed E-state index contributed by atoms with van der Waals surface area (Å²) >= 11 is 0. The average molecular weight is 551 g/mol. The number of nitrogens with two attached hydrogens (primary N) is 1. The van der Waals surface area contributed by atoms with Crippen molar-refractivity contribution in [2.75, 3.05) is 0 Å². The lowest BCUT2D eigenvalue weighted by Crippen LogP contribution is -2.35. The number of hydrogen-bond donors (Lipinski definition) is 1. The largest absolute Gasteiger partial charge is 0.417 e. The molecule has 3 aromatic rings. The molecular formula is C26H29F7N2OS. The molecule has 11 heteroatoms. The van der Waals surface area contributed by atoms with Crippen molar-refractivity contribution in [1.82, 2.24) is 4.57 Å². The maximum atomic E-state index is 15.4. The fourth-order valence-electron chi connectivity index (χ4n) is 4.41. The highest BCUT2D eigenvalue weighted by Gasteiger charge is 2.37. The number of alkyl halides is 5. The Morgan fingerprint density at radius 2 is 1.59 bits per heavy atom. The van der Waals surface area contributed by atoms with Gasteiger partial charge in [0.15, 0.2) is 0 Å². The second kappa shape index (κ2) is 10.1. The minimum absolute atomic E-state index is 0.0772. The number of aromatic nitrogens is 1. The van der Waals surface area contributed by atoms with Gasteiger partial charge in [-0.05, 0) is 61.1 Å². The number of rotatable bonds is 7. The van der Waals surface area contributed by atoms with Crippen LogP contribution in [-0.2, 0) is 23.7 Å². The lowest BCUT2D eigenvalue weighted by atomic mass is 9.89. The molecule has 0 amide bonds. The number of benzene rings is 2. The Balaban J connectivity index is 2.33. The zero-order valence-corrected chi connectivity index (χ0v) is 21.8. The molecule has 0 saturated carbocycles. The van der Waals surface area contributed by atoms with Crippen LogP contribution < -0.4 is 5.14 Å². The van der Waals surface area contributed by atoms with Crippen LogP contribution in [0.15, 0.2) is 36.5 Å². The van der Waals surface area contributed by atoms with Crippen molar-refractivity contribution in [2.24, 2.45) is 10.6 Å². The summed E-state index contributed by atoms with van der Waals surface area (Å²) in [6.45, 7) is 8.91. The van der Waals surface area contributed by atoms with Gasteiger partial charge in [0.1, 0.15) is 11.6 Å². The molecule has 1 unspecified atom stereocenters. The molecule has 3 rings (SSSR count). The molecule has 0 aliphatic carbocycles. The maximum absolute atomic E-state index is 15.4. The molecule has 0 spiro atoms. The van der Waals surface area contributed by atoms with E-state index in [9.17, 15) is 30.6 Å². The Bertz CT molecular complexity index is 1320. The normalized spacial score (nSPS) is 15.0. The summed E-state index contributed by atoms with van der Waals surface area (Å²) < 4.78 is 111. The molecular weight excluding hydrogens is 521 g/mol. The average Bonchev–Trinajstić information content (AvgIpc) is 3.05. The minimum Gasteiger partial charge on any atom is -0.347 e. The van der Waals surface area contributed by atoms with Crippen LogP contribution in [0.5, 0.6) is 0 Å². The maximum Gasteiger partial charge on any atom is 0.417 e. The standard InChI is InChI=1S/C26H29F7N2OS/c1-24(2,3)13-35-12-19(18(23(29)30)11-25(4,5)37(34)36)17-9-21(28)16(10-22(17)35)15-7-6-14(27)8-20(15)26(31,32)33/h6-10,12,18,23H,11,13,34H2,1-5H3/t18-,37?/m0/s1. The van der Waals surface area contributed by atoms with Crippen molar-refractivity contribution < 1.29 is 34.9 Å². The lowest BCUT2D eigenvalue weighted by Gasteiger charge is -2.27. The third kappa shape index (κ3) is 6.37. The highest BCUT2D eigenvalue weighted by atomic mass is 32.2. The summed E-state index contributed by atoms with van der Waals surface area (Å²) in [4.78, 5) is 0. The van der Waals surface area contributed by atoms with Gasteiger partial charge in [-0.1, -0.05) is 26.8 Å². The van der Waals surface area contributed by atoms with Gasteiger partial charge in [-0.15, -0.1) is 0 Å². The summed E-state index contributed by atoms with van der Waals surface area (Å²) in [6.07, 6.45) is -6.70. The molecule has 1 aromatic heterocycles. The van der Waals surface area contributed by atoms with Gasteiger partial charge in [0.05, 0.1) is 21.3 Å². The van der Waals surface area contributed by atoms with E-state index in [1.165, 1.54) is 26.1 Å². The number of halogens is 7. The number of nitrogens with zero attached hydrogens (tertiary/aromatic N) is 1. The van der Waals surface area contributed by atoms with Crippen molar-refractivity contribution in [3.8, 4) is 11.1 Å². The second-order valence-corrected chi connectivity index (χ2v) is 12.7. The van der Waals surface area contributed by atoms with Gasteiger partial charge in [0.25, 0.3) is 0 Å². The molecule has 2 atom stereocenters. The summed E-state index contributed by atoms with van der Waals surface area (Å²) in [7, 11) is -1.93. The molecule has 37 heavy (non-hydrogen) atoms. The van der Waals surface area contributed by atoms with Gasteiger partial charge >= 0.3 is 6.18 Å². The smallest absolute Gasteiger partial charge is 0.347 e. The Labute approximate surface area is 213 Å². The summed E-state index contributed by atoms with van der Waals surface area (Å²) in [6, 6.07) is 4.05. The first-order valence-corrected chi connectivity index (χ1v) is 12.7. The van der Waals surface area contributed by atoms with Crippen LogP contribution in [0.3, 0.4) is 0 Å². The van der Waals surface area contributed by atoms with Crippen LogP contribution in [0.25, 0.3) is 22.0 Å². The monoisotopic (exact) mass is 550 g/mol. The van der Waals surface area contributed by atoms with Gasteiger partial charge in [0, 0.05) is 35.1 Å². The van der Waals surface area contributed by atoms with Crippen LogP contribution in [0.4, 0.5) is 30.7 Å². The van der Waals surface area contributed by atoms with E-state index in [1.54, 1.807) is 4.57 Å². The minimum atomic E-state index is -4.96. The van der Waals surface area contributed by atoms with Crippen molar-refractivity contribution in [1.29, 1.82) is 0 Å². The molecule has 2 aromatic carbocycles. The Hall–Kier alpha value is -2.40. The van der Waals surface area contributed by atoms with Crippen molar-refractivity contribution in [3.63, 3.8) is 0 Å². The molecule has 2 N–H and O–H groups in total. The van der Waals surface area contributed by atoms with Crippen LogP contribution in [0, 0.1) is 17.0 Å². The van der Waals surface area contributed by atoms with E-state index in [1.807, 2.05) is 20.8 Å². The van der Waals surface area contributed by atoms with Crippen LogP contribution in [-0.4, -0.2) is 19.9 Å². The fraction of sp³-hybridized carbons (Fsp3) is 0.462. The Morgan fingerprint density at radius 1 is 0.973 bits per heavy atom. The van der Waals surface area contributed by atoms with E-state index in [2.05, 4.69) is 0 Å². The van der Waals surface area contributed by atoms with E-state index in [4.69, 9.17) is 5.14 Å². The summed E-state index contributed by atoms with van der Waals surface area (Å²) in [5, 5.41) is 5.61. The SMILES string of the molecule is CC(C)(C)Cn1cc([C@H](CC(C)(C)S(N)=O)C(F)F)c2cc(F)c(-c3ccc(F)cc3C(F)(F)F)cc21. The summed E-state index contributed by atoms with van der Waals surface area (Å²) in [5.41, 5.74) is -2.40. The van der Waals surface area contributed by atoms with Gasteiger partial charge in [0.2, 0.25) is 6.43 Å². The first-order chi connectivity index (χ1) is 16.8. The predicted octanol–water partition coefficient (Wildman–Crippen LogP) is 7.79. The number of hydrogen-bond acceptors (Lipinski definition) is 1. The zero-order valence-electron chi connectivity index (χ0n) is 21.0. The Morgan fingerprint density at radius 3 is 2.11 bits per heavy atom. The quantitative estimate of drug-likeness (QED) is 0.300. The van der Waals surface area contributed by atoms with Crippen molar-refractivity contribution in [3.05, 3.63) is 59.3 Å². The van der Waals surface area contributed by atoms with Gasteiger partial charge in [-0.25, -0.2) is 21.8 Å². The summed E-state index contributed by atoms with van der Waals surface area (Å²) in [5.74, 6) is -3.67. The van der Waals surface area contributed by atoms with Crippen molar-refractivity contribution >= 4 is 21.9 Å². The van der Waals surface area contributed by atoms with E-state index in [0.717, 1.165) is 18.2 Å². The number of fused-ring (bicyclic) bond motifs is 1. The predicted molar refractivity (Wildman–Crippen MR) is 132 cm³/mol. The first-order valence-electron chi connectivity index (χ1n) is 11.5. The van der Waals surface area contributed by atoms with E-state index in [0.29, 0.717) is 6.07 Å². The first kappa shape index (κ1) is 29.2. The fourth-order valence-corrected chi connectivity index (χ4v) is 4.76. The molecule has 0 aliphatic rings. The second-order valence-electron chi connectivity index (χ2n) is 11.0. The van der Waals surface area contributed by atoms with E-state index >= 15 is 4.39 Å². The molecule has 204 valence electrons. The van der Waals surface area contributed by atoms with Crippen LogP contribution >= 0.6 is 0 Å². The van der Waals surface area contributed by atoms with Gasteiger partial charge in [-0.2, -0.15) is 13.2 Å². The molecule has 0 fully saturated rings. The molecule has 0 saturated heterocycles.